The van der Waals surface area contributed by atoms with Crippen LogP contribution in [-0.4, -0.2) is 11.3 Å². The van der Waals surface area contributed by atoms with Gasteiger partial charge in [-0.1, -0.05) is 13.0 Å². The normalized spacial score (nSPS) is 14.6. The molecule has 0 aliphatic carbocycles. The third-order valence-electron chi connectivity index (χ3n) is 2.72. The SMILES string of the molecule is CCC(C)(N)C(=O)Cc1ccc(F)c(Br)c1. The molecule has 0 amide bonds. The maximum atomic E-state index is 13.0. The Labute approximate surface area is 103 Å². The summed E-state index contributed by atoms with van der Waals surface area (Å²) < 4.78 is 13.3. The van der Waals surface area contributed by atoms with Crippen molar-refractivity contribution in [3.8, 4) is 0 Å². The van der Waals surface area contributed by atoms with Crippen LogP contribution in [0.3, 0.4) is 0 Å². The van der Waals surface area contributed by atoms with E-state index in [1.165, 1.54) is 6.07 Å². The Morgan fingerprint density at radius 2 is 2.19 bits per heavy atom. The zero-order valence-electron chi connectivity index (χ0n) is 9.39. The second kappa shape index (κ2) is 5.06. The summed E-state index contributed by atoms with van der Waals surface area (Å²) >= 11 is 3.09. The smallest absolute Gasteiger partial charge is 0.156 e. The van der Waals surface area contributed by atoms with Crippen molar-refractivity contribution < 1.29 is 9.18 Å². The number of nitrogens with two attached hydrogens (primary N) is 1. The van der Waals surface area contributed by atoms with Gasteiger partial charge in [0.1, 0.15) is 5.82 Å². The van der Waals surface area contributed by atoms with Crippen LogP contribution in [0.4, 0.5) is 4.39 Å². The Hall–Kier alpha value is -0.740. The summed E-state index contributed by atoms with van der Waals surface area (Å²) in [5.74, 6) is -0.365. The fourth-order valence-corrected chi connectivity index (χ4v) is 1.66. The zero-order chi connectivity index (χ0) is 12.3. The van der Waals surface area contributed by atoms with Gasteiger partial charge in [-0.05, 0) is 47.0 Å². The van der Waals surface area contributed by atoms with Crippen LogP contribution >= 0.6 is 15.9 Å². The predicted octanol–water partition coefficient (Wildman–Crippen LogP) is 2.83. The van der Waals surface area contributed by atoms with Crippen molar-refractivity contribution in [2.24, 2.45) is 5.73 Å². The van der Waals surface area contributed by atoms with E-state index in [9.17, 15) is 9.18 Å². The molecule has 1 atom stereocenters. The molecule has 0 saturated carbocycles. The summed E-state index contributed by atoms with van der Waals surface area (Å²) in [4.78, 5) is 11.8. The Kier molecular flexibility index (Phi) is 4.21. The highest BCUT2D eigenvalue weighted by molar-refractivity contribution is 9.10. The van der Waals surface area contributed by atoms with Crippen LogP contribution in [0, 0.1) is 5.82 Å². The van der Waals surface area contributed by atoms with Crippen molar-refractivity contribution >= 4 is 21.7 Å². The van der Waals surface area contributed by atoms with Crippen molar-refractivity contribution in [2.75, 3.05) is 0 Å². The van der Waals surface area contributed by atoms with Crippen LogP contribution in [0.25, 0.3) is 0 Å². The Balaban J connectivity index is 2.82. The molecule has 0 aromatic heterocycles. The molecule has 1 rings (SSSR count). The number of carbonyl (C=O) groups excluding carboxylic acids is 1. The molecule has 1 aromatic carbocycles. The quantitative estimate of drug-likeness (QED) is 0.925. The standard InChI is InChI=1S/C12H15BrFNO/c1-3-12(2,15)11(16)7-8-4-5-10(14)9(13)6-8/h4-6H,3,7,15H2,1-2H3. The van der Waals surface area contributed by atoms with Crippen molar-refractivity contribution in [1.29, 1.82) is 0 Å². The second-order valence-electron chi connectivity index (χ2n) is 4.12. The largest absolute Gasteiger partial charge is 0.319 e. The minimum atomic E-state index is -0.805. The monoisotopic (exact) mass is 287 g/mol. The Morgan fingerprint density at radius 1 is 1.56 bits per heavy atom. The Bertz CT molecular complexity index is 404. The molecule has 88 valence electrons. The van der Waals surface area contributed by atoms with Crippen molar-refractivity contribution in [3.63, 3.8) is 0 Å². The topological polar surface area (TPSA) is 43.1 Å². The summed E-state index contributed by atoms with van der Waals surface area (Å²) in [5.41, 5.74) is 5.80. The van der Waals surface area contributed by atoms with Crippen LogP contribution in [0.1, 0.15) is 25.8 Å². The minimum Gasteiger partial charge on any atom is -0.319 e. The number of Topliss-reactive ketones (excluding diaryl/α,β-unsaturated/α-hetero) is 1. The first kappa shape index (κ1) is 13.3. The van der Waals surface area contributed by atoms with Crippen LogP contribution in [-0.2, 0) is 11.2 Å². The molecular formula is C12H15BrFNO. The van der Waals surface area contributed by atoms with Gasteiger partial charge in [0.2, 0.25) is 0 Å². The van der Waals surface area contributed by atoms with E-state index < -0.39 is 5.54 Å². The number of ketones is 1. The van der Waals surface area contributed by atoms with Crippen molar-refractivity contribution in [3.05, 3.63) is 34.1 Å². The van der Waals surface area contributed by atoms with Gasteiger partial charge in [0.05, 0.1) is 10.0 Å². The maximum absolute atomic E-state index is 13.0. The molecule has 0 aliphatic heterocycles. The molecule has 0 fully saturated rings. The van der Waals surface area contributed by atoms with Gasteiger partial charge < -0.3 is 5.73 Å². The average Bonchev–Trinajstić information content (AvgIpc) is 2.23. The summed E-state index contributed by atoms with van der Waals surface area (Å²) in [6.45, 7) is 3.59. The van der Waals surface area contributed by atoms with Gasteiger partial charge >= 0.3 is 0 Å². The molecule has 2 nitrogen and oxygen atoms in total. The fraction of sp³-hybridized carbons (Fsp3) is 0.417. The second-order valence-corrected chi connectivity index (χ2v) is 4.97. The molecule has 0 heterocycles. The average molecular weight is 288 g/mol. The van der Waals surface area contributed by atoms with Crippen LogP contribution in [0.15, 0.2) is 22.7 Å². The molecule has 0 radical (unpaired) electrons. The van der Waals surface area contributed by atoms with Gasteiger partial charge in [-0.15, -0.1) is 0 Å². The van der Waals surface area contributed by atoms with E-state index in [4.69, 9.17) is 5.73 Å². The molecule has 16 heavy (non-hydrogen) atoms. The third-order valence-corrected chi connectivity index (χ3v) is 3.33. The molecule has 0 spiro atoms. The van der Waals surface area contributed by atoms with E-state index in [-0.39, 0.29) is 18.0 Å². The highest BCUT2D eigenvalue weighted by Crippen LogP contribution is 2.19. The lowest BCUT2D eigenvalue weighted by Gasteiger charge is -2.20. The van der Waals surface area contributed by atoms with Crippen molar-refractivity contribution in [1.82, 2.24) is 0 Å². The lowest BCUT2D eigenvalue weighted by atomic mass is 9.90. The number of hydrogen-bond acceptors (Lipinski definition) is 2. The first-order chi connectivity index (χ1) is 7.36. The van der Waals surface area contributed by atoms with Gasteiger partial charge in [-0.2, -0.15) is 0 Å². The van der Waals surface area contributed by atoms with Gasteiger partial charge in [-0.3, -0.25) is 4.79 Å². The lowest BCUT2D eigenvalue weighted by molar-refractivity contribution is -0.123. The number of halogens is 2. The van der Waals surface area contributed by atoms with Gasteiger partial charge in [-0.25, -0.2) is 4.39 Å². The van der Waals surface area contributed by atoms with Gasteiger partial charge in [0, 0.05) is 6.42 Å². The predicted molar refractivity (Wildman–Crippen MR) is 65.7 cm³/mol. The van der Waals surface area contributed by atoms with Crippen molar-refractivity contribution in [2.45, 2.75) is 32.2 Å². The molecule has 4 heteroatoms. The number of carbonyl (C=O) groups is 1. The zero-order valence-corrected chi connectivity index (χ0v) is 11.0. The van der Waals surface area contributed by atoms with Crippen LogP contribution < -0.4 is 5.73 Å². The summed E-state index contributed by atoms with van der Waals surface area (Å²) in [6, 6.07) is 4.55. The molecule has 0 aliphatic rings. The van der Waals surface area contributed by atoms with E-state index in [1.807, 2.05) is 6.92 Å². The first-order valence-corrected chi connectivity index (χ1v) is 5.92. The third kappa shape index (κ3) is 3.12. The number of hydrogen-bond donors (Lipinski definition) is 1. The minimum absolute atomic E-state index is 0.0338. The van der Waals surface area contributed by atoms with Crippen LogP contribution in [0.5, 0.6) is 0 Å². The van der Waals surface area contributed by atoms with Gasteiger partial charge in [0.25, 0.3) is 0 Å². The molecule has 1 unspecified atom stereocenters. The summed E-state index contributed by atoms with van der Waals surface area (Å²) in [6.07, 6.45) is 0.827. The summed E-state index contributed by atoms with van der Waals surface area (Å²) in [7, 11) is 0. The number of benzene rings is 1. The summed E-state index contributed by atoms with van der Waals surface area (Å²) in [5, 5.41) is 0. The molecule has 0 saturated heterocycles. The van der Waals surface area contributed by atoms with E-state index in [0.717, 1.165) is 5.56 Å². The van der Waals surface area contributed by atoms with Crippen LogP contribution in [0.2, 0.25) is 0 Å². The maximum Gasteiger partial charge on any atom is 0.156 e. The lowest BCUT2D eigenvalue weighted by Crippen LogP contribution is -2.45. The molecule has 1 aromatic rings. The van der Waals surface area contributed by atoms with E-state index >= 15 is 0 Å². The molecule has 0 bridgehead atoms. The van der Waals surface area contributed by atoms with E-state index in [2.05, 4.69) is 15.9 Å². The van der Waals surface area contributed by atoms with Gasteiger partial charge in [0.15, 0.2) is 5.78 Å². The molecular weight excluding hydrogens is 273 g/mol. The Morgan fingerprint density at radius 3 is 2.69 bits per heavy atom. The molecule has 2 N–H and O–H groups in total. The highest BCUT2D eigenvalue weighted by atomic mass is 79.9. The van der Waals surface area contributed by atoms with E-state index in [0.29, 0.717) is 10.9 Å². The first-order valence-electron chi connectivity index (χ1n) is 5.13. The number of rotatable bonds is 4. The van der Waals surface area contributed by atoms with E-state index in [1.54, 1.807) is 19.1 Å². The fourth-order valence-electron chi connectivity index (χ4n) is 1.23. The highest BCUT2D eigenvalue weighted by Gasteiger charge is 2.25.